The highest BCUT2D eigenvalue weighted by molar-refractivity contribution is 8.07. The summed E-state index contributed by atoms with van der Waals surface area (Å²) in [6.45, 7) is 6.41. The Kier molecular flexibility index (Phi) is 3.72. The Hall–Kier alpha value is -1.64. The van der Waals surface area contributed by atoms with E-state index in [1.54, 1.807) is 10.5 Å². The molecule has 2 aliphatic heterocycles. The zero-order chi connectivity index (χ0) is 17.0. The number of thioether (sulfide) groups is 2. The third kappa shape index (κ3) is 2.46. The maximum Gasteiger partial charge on any atom is 0.0481 e. The van der Waals surface area contributed by atoms with E-state index in [9.17, 15) is 0 Å². The highest BCUT2D eigenvalue weighted by Gasteiger charge is 2.48. The van der Waals surface area contributed by atoms with E-state index in [1.165, 1.54) is 26.8 Å². The van der Waals surface area contributed by atoms with E-state index in [0.717, 1.165) is 6.42 Å². The van der Waals surface area contributed by atoms with Gasteiger partial charge in [0.1, 0.15) is 0 Å². The van der Waals surface area contributed by atoms with E-state index in [4.69, 9.17) is 0 Å². The van der Waals surface area contributed by atoms with Crippen LogP contribution < -0.4 is 0 Å². The van der Waals surface area contributed by atoms with Crippen molar-refractivity contribution in [3.05, 3.63) is 88.9 Å². The van der Waals surface area contributed by atoms with Gasteiger partial charge >= 0.3 is 0 Å². The molecule has 0 bridgehead atoms. The van der Waals surface area contributed by atoms with Gasteiger partial charge in [-0.15, -0.1) is 23.5 Å². The normalized spacial score (nSPS) is 29.2. The van der Waals surface area contributed by atoms with Gasteiger partial charge in [0.05, 0.1) is 0 Å². The molecule has 2 unspecified atom stereocenters. The summed E-state index contributed by atoms with van der Waals surface area (Å²) in [5.41, 5.74) is 4.13. The summed E-state index contributed by atoms with van der Waals surface area (Å²) in [5.74, 6) is 0.630. The largest absolute Gasteiger partial charge is 0.121 e. The average Bonchev–Trinajstić information content (AvgIpc) is 3.13. The van der Waals surface area contributed by atoms with Crippen LogP contribution in [0.3, 0.4) is 0 Å². The lowest BCUT2D eigenvalue weighted by Gasteiger charge is -2.24. The maximum atomic E-state index is 4.35. The predicted octanol–water partition coefficient (Wildman–Crippen LogP) is 7.06. The average molecular weight is 361 g/mol. The quantitative estimate of drug-likeness (QED) is 0.533. The van der Waals surface area contributed by atoms with E-state index in [-0.39, 0.29) is 0 Å². The molecule has 0 spiro atoms. The van der Waals surface area contributed by atoms with Crippen LogP contribution in [0.15, 0.2) is 88.2 Å². The molecule has 3 aliphatic rings. The van der Waals surface area contributed by atoms with Gasteiger partial charge in [-0.25, -0.2) is 0 Å². The molecule has 0 saturated carbocycles. The van der Waals surface area contributed by atoms with E-state index in [0.29, 0.717) is 16.4 Å². The first kappa shape index (κ1) is 15.6. The van der Waals surface area contributed by atoms with Crippen LogP contribution in [0.1, 0.15) is 24.2 Å². The fourth-order valence-electron chi connectivity index (χ4n) is 4.13. The van der Waals surface area contributed by atoms with Crippen molar-refractivity contribution in [2.45, 2.75) is 28.7 Å². The zero-order valence-electron chi connectivity index (χ0n) is 14.2. The first-order chi connectivity index (χ1) is 12.2. The van der Waals surface area contributed by atoms with E-state index in [1.807, 2.05) is 0 Å². The Morgan fingerprint density at radius 3 is 2.72 bits per heavy atom. The van der Waals surface area contributed by atoms with Crippen molar-refractivity contribution in [2.75, 3.05) is 0 Å². The van der Waals surface area contributed by atoms with Crippen molar-refractivity contribution >= 4 is 34.3 Å². The molecule has 5 rings (SSSR count). The first-order valence-corrected chi connectivity index (χ1v) is 10.6. The SMILES string of the molecule is C=C1CC2C(=C/C1=C/C=C\C)SC1c3cc4ccccc4cc3S[C@H]21. The molecule has 0 amide bonds. The van der Waals surface area contributed by atoms with Gasteiger partial charge in [-0.3, -0.25) is 0 Å². The van der Waals surface area contributed by atoms with Crippen LogP contribution in [0.4, 0.5) is 0 Å². The van der Waals surface area contributed by atoms with Gasteiger partial charge in [0.2, 0.25) is 0 Å². The zero-order valence-corrected chi connectivity index (χ0v) is 15.9. The Morgan fingerprint density at radius 2 is 1.92 bits per heavy atom. The van der Waals surface area contributed by atoms with Crippen molar-refractivity contribution in [1.82, 2.24) is 0 Å². The summed E-state index contributed by atoms with van der Waals surface area (Å²) in [6, 6.07) is 13.6. The van der Waals surface area contributed by atoms with E-state index < -0.39 is 0 Å². The highest BCUT2D eigenvalue weighted by Crippen LogP contribution is 2.65. The lowest BCUT2D eigenvalue weighted by molar-refractivity contribution is 0.611. The third-order valence-corrected chi connectivity index (χ3v) is 8.56. The minimum absolute atomic E-state index is 0.592. The van der Waals surface area contributed by atoms with Gasteiger partial charge in [0, 0.05) is 21.3 Å². The minimum Gasteiger partial charge on any atom is -0.121 e. The van der Waals surface area contributed by atoms with Crippen LogP contribution in [-0.2, 0) is 0 Å². The third-order valence-electron chi connectivity index (χ3n) is 5.41. The molecule has 0 N–H and O–H groups in total. The van der Waals surface area contributed by atoms with E-state index in [2.05, 4.69) is 97.7 Å². The van der Waals surface area contributed by atoms with Crippen molar-refractivity contribution in [3.8, 4) is 0 Å². The summed E-state index contributed by atoms with van der Waals surface area (Å²) in [4.78, 5) is 3.05. The number of hydrogen-bond acceptors (Lipinski definition) is 2. The van der Waals surface area contributed by atoms with Crippen molar-refractivity contribution in [3.63, 3.8) is 0 Å². The number of benzene rings is 2. The number of allylic oxidation sites excluding steroid dienone is 7. The molecular formula is C23H20S2. The summed E-state index contributed by atoms with van der Waals surface area (Å²) in [5, 5.41) is 3.97. The molecule has 2 heteroatoms. The van der Waals surface area contributed by atoms with Crippen LogP contribution in [0.5, 0.6) is 0 Å². The van der Waals surface area contributed by atoms with Crippen LogP contribution >= 0.6 is 23.5 Å². The predicted molar refractivity (Wildman–Crippen MR) is 112 cm³/mol. The molecule has 0 nitrogen and oxygen atoms in total. The molecule has 3 atom stereocenters. The summed E-state index contributed by atoms with van der Waals surface area (Å²) >= 11 is 4.18. The van der Waals surface area contributed by atoms with Crippen molar-refractivity contribution in [2.24, 2.45) is 5.92 Å². The topological polar surface area (TPSA) is 0 Å². The molecule has 25 heavy (non-hydrogen) atoms. The number of hydrogen-bond donors (Lipinski definition) is 0. The van der Waals surface area contributed by atoms with E-state index >= 15 is 0 Å². The van der Waals surface area contributed by atoms with Crippen LogP contribution in [-0.4, -0.2) is 5.25 Å². The number of rotatable bonds is 1. The molecule has 2 aromatic carbocycles. The first-order valence-electron chi connectivity index (χ1n) is 8.83. The molecule has 1 fully saturated rings. The van der Waals surface area contributed by atoms with Crippen molar-refractivity contribution in [1.29, 1.82) is 0 Å². The fraction of sp³-hybridized carbons (Fsp3) is 0.217. The summed E-state index contributed by atoms with van der Waals surface area (Å²) < 4.78 is 0. The molecule has 1 saturated heterocycles. The van der Waals surface area contributed by atoms with Gasteiger partial charge in [0.25, 0.3) is 0 Å². The van der Waals surface area contributed by atoms with Crippen LogP contribution in [0.2, 0.25) is 0 Å². The van der Waals surface area contributed by atoms with Gasteiger partial charge in [0.15, 0.2) is 0 Å². The molecule has 2 heterocycles. The van der Waals surface area contributed by atoms with Gasteiger partial charge in [-0.2, -0.15) is 0 Å². The Labute approximate surface area is 157 Å². The minimum atomic E-state index is 0.592. The van der Waals surface area contributed by atoms with Crippen molar-refractivity contribution < 1.29 is 0 Å². The molecule has 0 radical (unpaired) electrons. The van der Waals surface area contributed by atoms with Gasteiger partial charge in [-0.1, -0.05) is 49.1 Å². The monoisotopic (exact) mass is 360 g/mol. The highest BCUT2D eigenvalue weighted by atomic mass is 32.2. The van der Waals surface area contributed by atoms with Crippen LogP contribution in [0, 0.1) is 5.92 Å². The summed E-state index contributed by atoms with van der Waals surface area (Å²) in [7, 11) is 0. The Balaban J connectivity index is 1.55. The lowest BCUT2D eigenvalue weighted by Crippen LogP contribution is -2.16. The second-order valence-corrected chi connectivity index (χ2v) is 9.40. The fourth-order valence-corrected chi connectivity index (χ4v) is 7.65. The number of fused-ring (bicyclic) bond motifs is 6. The maximum absolute atomic E-state index is 4.35. The standard InChI is InChI=1S/C23H20S2/c1-3-4-7-15-12-20-18(10-14(15)2)22-23(24-20)19-11-16-8-5-6-9-17(16)13-21(19)25-22/h3-9,11-13,18,22-23H,2,10H2,1H3/b4-3-,15-7-/t18?,22-,23?/m1/s1. The second kappa shape index (κ2) is 5.96. The Morgan fingerprint density at radius 1 is 1.12 bits per heavy atom. The van der Waals surface area contributed by atoms with Crippen LogP contribution in [0.25, 0.3) is 10.8 Å². The molecular weight excluding hydrogens is 340 g/mol. The molecule has 124 valence electrons. The summed E-state index contributed by atoms with van der Waals surface area (Å²) in [6.07, 6.45) is 9.90. The smallest absolute Gasteiger partial charge is 0.0481 e. The lowest BCUT2D eigenvalue weighted by atomic mass is 9.85. The van der Waals surface area contributed by atoms with Gasteiger partial charge in [-0.05, 0) is 63.9 Å². The molecule has 1 aliphatic carbocycles. The van der Waals surface area contributed by atoms with Gasteiger partial charge < -0.3 is 0 Å². The molecule has 2 aromatic rings. The second-order valence-electron chi connectivity index (χ2n) is 6.97. The Bertz CT molecular complexity index is 977. The molecule has 0 aromatic heterocycles.